The fourth-order valence-corrected chi connectivity index (χ4v) is 4.06. The van der Waals surface area contributed by atoms with Crippen molar-refractivity contribution in [2.45, 2.75) is 32.6 Å². The largest absolute Gasteiger partial charge is 0.206 e. The summed E-state index contributed by atoms with van der Waals surface area (Å²) in [4.78, 5) is 0. The quantitative estimate of drug-likeness (QED) is 0.372. The summed E-state index contributed by atoms with van der Waals surface area (Å²) in [6.45, 7) is 1.90. The first-order valence-electron chi connectivity index (χ1n) is 9.95. The van der Waals surface area contributed by atoms with Gasteiger partial charge in [-0.2, -0.15) is 0 Å². The summed E-state index contributed by atoms with van der Waals surface area (Å²) in [5, 5.41) is 0. The molecule has 0 fully saturated rings. The van der Waals surface area contributed by atoms with E-state index >= 15 is 4.39 Å². The van der Waals surface area contributed by atoms with Gasteiger partial charge < -0.3 is 0 Å². The zero-order valence-corrected chi connectivity index (χ0v) is 16.6. The van der Waals surface area contributed by atoms with E-state index in [0.717, 1.165) is 30.7 Å². The van der Waals surface area contributed by atoms with Crippen molar-refractivity contribution in [2.24, 2.45) is 0 Å². The number of benzene rings is 3. The van der Waals surface area contributed by atoms with Crippen LogP contribution in [0.25, 0.3) is 22.8 Å². The number of fused-ring (bicyclic) bond motifs is 1. The van der Waals surface area contributed by atoms with Crippen molar-refractivity contribution in [3.05, 3.63) is 93.6 Å². The van der Waals surface area contributed by atoms with E-state index in [0.29, 0.717) is 17.6 Å². The minimum Gasteiger partial charge on any atom is -0.206 e. The van der Waals surface area contributed by atoms with Gasteiger partial charge in [0.15, 0.2) is 11.6 Å². The molecule has 0 aliphatic heterocycles. The maximum absolute atomic E-state index is 15.1. The van der Waals surface area contributed by atoms with Crippen LogP contribution in [0.4, 0.5) is 26.3 Å². The van der Waals surface area contributed by atoms with Gasteiger partial charge in [0.2, 0.25) is 0 Å². The molecule has 0 saturated heterocycles. The Bertz CT molecular complexity index is 1190. The Labute approximate surface area is 175 Å². The van der Waals surface area contributed by atoms with Gasteiger partial charge in [-0.3, -0.25) is 0 Å². The van der Waals surface area contributed by atoms with Crippen LogP contribution in [0.3, 0.4) is 0 Å². The average molecular weight is 432 g/mol. The van der Waals surface area contributed by atoms with Crippen LogP contribution < -0.4 is 0 Å². The molecule has 0 atom stereocenters. The highest BCUT2D eigenvalue weighted by Gasteiger charge is 2.25. The second-order valence-corrected chi connectivity index (χ2v) is 7.60. The first-order valence-corrected chi connectivity index (χ1v) is 9.95. The summed E-state index contributed by atoms with van der Waals surface area (Å²) in [7, 11) is 0. The molecule has 0 N–H and O–H groups in total. The van der Waals surface area contributed by atoms with Crippen LogP contribution in [-0.4, -0.2) is 0 Å². The van der Waals surface area contributed by atoms with Crippen molar-refractivity contribution in [3.63, 3.8) is 0 Å². The lowest BCUT2D eigenvalue weighted by atomic mass is 9.85. The molecule has 0 nitrogen and oxygen atoms in total. The Balaban J connectivity index is 1.80. The third-order valence-electron chi connectivity index (χ3n) is 5.50. The van der Waals surface area contributed by atoms with Crippen LogP contribution in [0.2, 0.25) is 0 Å². The fourth-order valence-electron chi connectivity index (χ4n) is 4.06. The monoisotopic (exact) mass is 432 g/mol. The highest BCUT2D eigenvalue weighted by Crippen LogP contribution is 2.38. The fraction of sp³-hybridized carbons (Fsp3) is 0.200. The predicted molar refractivity (Wildman–Crippen MR) is 108 cm³/mol. The van der Waals surface area contributed by atoms with Crippen molar-refractivity contribution in [3.8, 4) is 11.1 Å². The Morgan fingerprint density at radius 2 is 1.39 bits per heavy atom. The van der Waals surface area contributed by atoms with Gasteiger partial charge in [-0.1, -0.05) is 25.5 Å². The molecule has 0 saturated carbocycles. The number of hydrogen-bond donors (Lipinski definition) is 0. The van der Waals surface area contributed by atoms with E-state index in [1.165, 1.54) is 18.2 Å². The Kier molecular flexibility index (Phi) is 5.65. The minimum absolute atomic E-state index is 0.0829. The minimum atomic E-state index is -1.21. The lowest BCUT2D eigenvalue weighted by Gasteiger charge is -2.21. The van der Waals surface area contributed by atoms with Gasteiger partial charge >= 0.3 is 0 Å². The first kappa shape index (κ1) is 21.2. The van der Waals surface area contributed by atoms with E-state index in [1.807, 2.05) is 6.92 Å². The molecule has 3 aromatic carbocycles. The second kappa shape index (κ2) is 8.25. The van der Waals surface area contributed by atoms with Crippen LogP contribution in [0.5, 0.6) is 0 Å². The molecular formula is C25H18F6. The van der Waals surface area contributed by atoms with E-state index in [2.05, 4.69) is 0 Å². The SMILES string of the molecule is CCCc1cc(F)c(C2=Cc3cc(F)c(-c4ccc(F)c(F)c4)c(F)c3CC2)c(F)c1. The third-order valence-corrected chi connectivity index (χ3v) is 5.50. The molecule has 1 aliphatic rings. The Morgan fingerprint density at radius 3 is 2.03 bits per heavy atom. The van der Waals surface area contributed by atoms with Crippen LogP contribution in [0.1, 0.15) is 42.0 Å². The zero-order chi connectivity index (χ0) is 22.3. The van der Waals surface area contributed by atoms with Gasteiger partial charge in [0.25, 0.3) is 0 Å². The Hall–Kier alpha value is -3.02. The smallest absolute Gasteiger partial charge is 0.159 e. The molecule has 0 heterocycles. The number of rotatable bonds is 4. The van der Waals surface area contributed by atoms with E-state index in [9.17, 15) is 22.0 Å². The molecule has 0 radical (unpaired) electrons. The zero-order valence-electron chi connectivity index (χ0n) is 16.6. The normalized spacial score (nSPS) is 13.2. The number of hydrogen-bond acceptors (Lipinski definition) is 0. The van der Waals surface area contributed by atoms with Gasteiger partial charge in [0.1, 0.15) is 23.3 Å². The molecule has 160 valence electrons. The summed E-state index contributed by atoms with van der Waals surface area (Å²) in [6, 6.07) is 6.25. The van der Waals surface area contributed by atoms with Crippen LogP contribution >= 0.6 is 0 Å². The van der Waals surface area contributed by atoms with E-state index in [4.69, 9.17) is 0 Å². The van der Waals surface area contributed by atoms with Crippen molar-refractivity contribution in [1.82, 2.24) is 0 Å². The maximum Gasteiger partial charge on any atom is 0.159 e. The molecule has 0 spiro atoms. The molecule has 0 bridgehead atoms. The van der Waals surface area contributed by atoms with E-state index < -0.39 is 40.5 Å². The molecule has 31 heavy (non-hydrogen) atoms. The lowest BCUT2D eigenvalue weighted by molar-refractivity contribution is 0.508. The number of allylic oxidation sites excluding steroid dienone is 1. The maximum atomic E-state index is 15.1. The van der Waals surface area contributed by atoms with Gasteiger partial charge in [0.05, 0.1) is 5.56 Å². The number of halogens is 6. The molecule has 0 aromatic heterocycles. The summed E-state index contributed by atoms with van der Waals surface area (Å²) >= 11 is 0. The third kappa shape index (κ3) is 3.87. The highest BCUT2D eigenvalue weighted by atomic mass is 19.2. The molecule has 0 amide bonds. The molecular weight excluding hydrogens is 414 g/mol. The summed E-state index contributed by atoms with van der Waals surface area (Å²) in [5.41, 5.74) is 0.394. The predicted octanol–water partition coefficient (Wildman–Crippen LogP) is 7.63. The van der Waals surface area contributed by atoms with Gasteiger partial charge in [0, 0.05) is 5.56 Å². The van der Waals surface area contributed by atoms with Gasteiger partial charge in [-0.15, -0.1) is 0 Å². The van der Waals surface area contributed by atoms with Gasteiger partial charge in [-0.05, 0) is 77.4 Å². The van der Waals surface area contributed by atoms with Gasteiger partial charge in [-0.25, -0.2) is 26.3 Å². The summed E-state index contributed by atoms with van der Waals surface area (Å²) in [6.07, 6.45) is 2.89. The van der Waals surface area contributed by atoms with Crippen LogP contribution in [0.15, 0.2) is 36.4 Å². The molecule has 3 aromatic rings. The topological polar surface area (TPSA) is 0 Å². The molecule has 1 aliphatic carbocycles. The lowest BCUT2D eigenvalue weighted by Crippen LogP contribution is -2.08. The van der Waals surface area contributed by atoms with Crippen molar-refractivity contribution >= 4 is 11.6 Å². The molecule has 6 heteroatoms. The molecule has 4 rings (SSSR count). The number of aryl methyl sites for hydroxylation is 1. The summed E-state index contributed by atoms with van der Waals surface area (Å²) < 4.78 is 85.9. The van der Waals surface area contributed by atoms with Crippen molar-refractivity contribution in [1.29, 1.82) is 0 Å². The highest BCUT2D eigenvalue weighted by molar-refractivity contribution is 5.86. The Morgan fingerprint density at radius 1 is 0.710 bits per heavy atom. The van der Waals surface area contributed by atoms with Crippen molar-refractivity contribution in [2.75, 3.05) is 0 Å². The van der Waals surface area contributed by atoms with E-state index in [1.54, 1.807) is 0 Å². The molecule has 0 unspecified atom stereocenters. The van der Waals surface area contributed by atoms with Crippen LogP contribution in [0, 0.1) is 34.9 Å². The van der Waals surface area contributed by atoms with Crippen molar-refractivity contribution < 1.29 is 26.3 Å². The standard InChI is InChI=1S/C25H18F6/c1-2-3-13-8-20(28)23(21(29)9-13)14-4-6-17-16(10-14)12-22(30)24(25(17)31)15-5-7-18(26)19(27)11-15/h5,7-12H,2-4,6H2,1H3. The average Bonchev–Trinajstić information content (AvgIpc) is 2.70. The van der Waals surface area contributed by atoms with E-state index in [-0.39, 0.29) is 35.1 Å². The first-order chi connectivity index (χ1) is 14.8. The second-order valence-electron chi connectivity index (χ2n) is 7.60. The van der Waals surface area contributed by atoms with Crippen LogP contribution in [-0.2, 0) is 12.8 Å². The summed E-state index contributed by atoms with van der Waals surface area (Å²) in [5.74, 6) is -5.62.